The van der Waals surface area contributed by atoms with E-state index in [2.05, 4.69) is 15.5 Å². The fraction of sp³-hybridized carbons (Fsp3) is 0.188. The highest BCUT2D eigenvalue weighted by Gasteiger charge is 2.35. The Labute approximate surface area is 140 Å². The molecule has 0 saturated carbocycles. The lowest BCUT2D eigenvalue weighted by Crippen LogP contribution is -2.37. The van der Waals surface area contributed by atoms with Gasteiger partial charge in [0, 0.05) is 11.8 Å². The van der Waals surface area contributed by atoms with Gasteiger partial charge in [-0.2, -0.15) is 18.3 Å². The number of nitrogens with one attached hydrogen (secondary N) is 1. The molecule has 3 rings (SSSR count). The number of carbonyl (C=O) groups is 1. The molecule has 3 N–H and O–H groups in total. The Kier molecular flexibility index (Phi) is 4.07. The molecule has 9 heteroatoms. The van der Waals surface area contributed by atoms with Crippen molar-refractivity contribution in [1.29, 1.82) is 0 Å². The van der Waals surface area contributed by atoms with Crippen molar-refractivity contribution in [3.63, 3.8) is 0 Å². The van der Waals surface area contributed by atoms with Crippen molar-refractivity contribution in [2.75, 3.05) is 5.73 Å². The van der Waals surface area contributed by atoms with Crippen molar-refractivity contribution in [2.24, 2.45) is 5.10 Å². The predicted octanol–water partition coefficient (Wildman–Crippen LogP) is 3.18. The van der Waals surface area contributed by atoms with E-state index in [1.807, 2.05) is 0 Å². The number of hydrogen-bond donors (Lipinski definition) is 2. The molecule has 6 nitrogen and oxygen atoms in total. The zero-order chi connectivity index (χ0) is 18.2. The van der Waals surface area contributed by atoms with Gasteiger partial charge in [-0.15, -0.1) is 0 Å². The molecule has 2 aromatic rings. The van der Waals surface area contributed by atoms with Gasteiger partial charge in [-0.1, -0.05) is 12.1 Å². The summed E-state index contributed by atoms with van der Waals surface area (Å²) in [6.07, 6.45) is -4.77. The van der Waals surface area contributed by atoms with Gasteiger partial charge in [0.25, 0.3) is 0 Å². The topological polar surface area (TPSA) is 89.6 Å². The standard InChI is InChI=1S/C16H13F3N4O2/c1-8-14(22-23-15(24)25-8)10-2-3-11(12(6-10)16(17,18)19)9-4-5-21-13(20)7-9/h2-8H,1H3,(H2,20,21)(H,23,24)/t8-/m0/s1. The molecule has 1 aromatic carbocycles. The second-order valence-electron chi connectivity index (χ2n) is 5.38. The lowest BCUT2D eigenvalue weighted by atomic mass is 9.95. The Morgan fingerprint density at radius 3 is 2.60 bits per heavy atom. The SMILES string of the molecule is C[C@@H]1OC(=O)NN=C1c1ccc(-c2ccnc(N)c2)c(C(F)(F)F)c1. The zero-order valence-corrected chi connectivity index (χ0v) is 13.0. The van der Waals surface area contributed by atoms with Gasteiger partial charge in [-0.25, -0.2) is 15.2 Å². The fourth-order valence-corrected chi connectivity index (χ4v) is 2.54. The van der Waals surface area contributed by atoms with Crippen LogP contribution in [0.4, 0.5) is 23.8 Å². The van der Waals surface area contributed by atoms with Crippen LogP contribution in [-0.2, 0) is 10.9 Å². The molecule has 2 heterocycles. The predicted molar refractivity (Wildman–Crippen MR) is 84.7 cm³/mol. The molecule has 0 saturated heterocycles. The Morgan fingerprint density at radius 1 is 1.20 bits per heavy atom. The summed E-state index contributed by atoms with van der Waals surface area (Å²) in [5.74, 6) is 0.121. The third-order valence-electron chi connectivity index (χ3n) is 3.65. The van der Waals surface area contributed by atoms with Crippen molar-refractivity contribution < 1.29 is 22.7 Å². The van der Waals surface area contributed by atoms with E-state index in [0.29, 0.717) is 5.56 Å². The molecule has 1 atom stereocenters. The number of nitrogen functional groups attached to an aromatic ring is 1. The van der Waals surface area contributed by atoms with Crippen LogP contribution in [0, 0.1) is 0 Å². The van der Waals surface area contributed by atoms with Crippen molar-refractivity contribution in [3.05, 3.63) is 47.7 Å². The number of pyridine rings is 1. The van der Waals surface area contributed by atoms with Crippen LogP contribution in [0.2, 0.25) is 0 Å². The Hall–Kier alpha value is -3.10. The minimum atomic E-state index is -4.59. The molecule has 0 aliphatic carbocycles. The number of hydrogen-bond acceptors (Lipinski definition) is 5. The number of hydrazone groups is 1. The average Bonchev–Trinajstić information content (AvgIpc) is 2.53. The molecule has 1 aliphatic rings. The number of benzene rings is 1. The van der Waals surface area contributed by atoms with Crippen LogP contribution >= 0.6 is 0 Å². The highest BCUT2D eigenvalue weighted by atomic mass is 19.4. The molecule has 1 aliphatic heterocycles. The van der Waals surface area contributed by atoms with Gasteiger partial charge >= 0.3 is 12.3 Å². The lowest BCUT2D eigenvalue weighted by Gasteiger charge is -2.21. The van der Waals surface area contributed by atoms with Crippen LogP contribution < -0.4 is 11.2 Å². The van der Waals surface area contributed by atoms with Gasteiger partial charge in [0.2, 0.25) is 0 Å². The summed E-state index contributed by atoms with van der Waals surface area (Å²) in [5, 5.41) is 3.80. The molecule has 130 valence electrons. The minimum Gasteiger partial charge on any atom is -0.439 e. The van der Waals surface area contributed by atoms with Crippen LogP contribution in [0.25, 0.3) is 11.1 Å². The number of aromatic nitrogens is 1. The molecule has 1 amide bonds. The molecule has 1 aromatic heterocycles. The number of halogens is 3. The summed E-state index contributed by atoms with van der Waals surface area (Å²) in [7, 11) is 0. The number of carbonyl (C=O) groups excluding carboxylic acids is 1. The second kappa shape index (κ2) is 6.08. The van der Waals surface area contributed by atoms with Crippen molar-refractivity contribution >= 4 is 17.6 Å². The summed E-state index contributed by atoms with van der Waals surface area (Å²) in [6.45, 7) is 1.53. The molecule has 0 bridgehead atoms. The van der Waals surface area contributed by atoms with Gasteiger partial charge < -0.3 is 10.5 Å². The summed E-state index contributed by atoms with van der Waals surface area (Å²) >= 11 is 0. The molecule has 25 heavy (non-hydrogen) atoms. The summed E-state index contributed by atoms with van der Waals surface area (Å²) in [4.78, 5) is 14.9. The zero-order valence-electron chi connectivity index (χ0n) is 13.0. The van der Waals surface area contributed by atoms with Gasteiger partial charge in [-0.05, 0) is 36.2 Å². The number of nitrogens with zero attached hydrogens (tertiary/aromatic N) is 2. The Morgan fingerprint density at radius 2 is 1.96 bits per heavy atom. The number of alkyl halides is 3. The minimum absolute atomic E-state index is 0.0284. The maximum atomic E-state index is 13.6. The second-order valence-corrected chi connectivity index (χ2v) is 5.38. The van der Waals surface area contributed by atoms with Crippen LogP contribution in [0.1, 0.15) is 18.1 Å². The van der Waals surface area contributed by atoms with Crippen molar-refractivity contribution in [3.8, 4) is 11.1 Å². The number of rotatable bonds is 2. The van der Waals surface area contributed by atoms with Gasteiger partial charge in [0.15, 0.2) is 0 Å². The number of anilines is 1. The first kappa shape index (κ1) is 16.7. The Balaban J connectivity index is 2.12. The van der Waals surface area contributed by atoms with E-state index in [0.717, 1.165) is 6.07 Å². The third kappa shape index (κ3) is 3.39. The van der Waals surface area contributed by atoms with E-state index in [4.69, 9.17) is 10.5 Å². The molecular weight excluding hydrogens is 337 g/mol. The monoisotopic (exact) mass is 350 g/mol. The van der Waals surface area contributed by atoms with Crippen molar-refractivity contribution in [2.45, 2.75) is 19.2 Å². The van der Waals surface area contributed by atoms with E-state index < -0.39 is 23.9 Å². The maximum absolute atomic E-state index is 13.6. The van der Waals surface area contributed by atoms with Crippen LogP contribution in [-0.4, -0.2) is 22.9 Å². The van der Waals surface area contributed by atoms with E-state index in [1.54, 1.807) is 0 Å². The van der Waals surface area contributed by atoms with Crippen molar-refractivity contribution in [1.82, 2.24) is 10.4 Å². The van der Waals surface area contributed by atoms with E-state index in [1.165, 1.54) is 37.4 Å². The van der Waals surface area contributed by atoms with E-state index >= 15 is 0 Å². The largest absolute Gasteiger partial charge is 0.439 e. The van der Waals surface area contributed by atoms with Gasteiger partial charge in [0.1, 0.15) is 17.6 Å². The Bertz CT molecular complexity index is 865. The highest BCUT2D eigenvalue weighted by Crippen LogP contribution is 2.38. The van der Waals surface area contributed by atoms with Gasteiger partial charge in [0.05, 0.1) is 5.56 Å². The number of cyclic esters (lactones) is 1. The number of ether oxygens (including phenoxy) is 1. The average molecular weight is 350 g/mol. The molecule has 0 radical (unpaired) electrons. The normalized spacial score (nSPS) is 17.5. The first-order chi connectivity index (χ1) is 11.8. The van der Waals surface area contributed by atoms with Crippen LogP contribution in [0.3, 0.4) is 0 Å². The summed E-state index contributed by atoms with van der Waals surface area (Å²) in [6, 6.07) is 6.61. The van der Waals surface area contributed by atoms with Crippen LogP contribution in [0.15, 0.2) is 41.6 Å². The molecule has 0 unspecified atom stereocenters. The first-order valence-corrected chi connectivity index (χ1v) is 7.23. The maximum Gasteiger partial charge on any atom is 0.428 e. The van der Waals surface area contributed by atoms with E-state index in [-0.39, 0.29) is 22.7 Å². The molecule has 0 fully saturated rings. The van der Waals surface area contributed by atoms with Crippen LogP contribution in [0.5, 0.6) is 0 Å². The van der Waals surface area contributed by atoms with Gasteiger partial charge in [-0.3, -0.25) is 0 Å². The number of amides is 1. The summed E-state index contributed by atoms with van der Waals surface area (Å²) < 4.78 is 45.6. The fourth-order valence-electron chi connectivity index (χ4n) is 2.54. The molecule has 0 spiro atoms. The molecular formula is C16H13F3N4O2. The highest BCUT2D eigenvalue weighted by molar-refractivity contribution is 6.06. The quantitative estimate of drug-likeness (QED) is 0.870. The smallest absolute Gasteiger partial charge is 0.428 e. The first-order valence-electron chi connectivity index (χ1n) is 7.23. The third-order valence-corrected chi connectivity index (χ3v) is 3.65. The lowest BCUT2D eigenvalue weighted by molar-refractivity contribution is -0.137. The number of nitrogens with two attached hydrogens (primary N) is 1. The van der Waals surface area contributed by atoms with E-state index in [9.17, 15) is 18.0 Å². The summed E-state index contributed by atoms with van der Waals surface area (Å²) in [5.41, 5.74) is 7.49.